The molecule has 106 valence electrons. The van der Waals surface area contributed by atoms with Crippen molar-refractivity contribution in [2.45, 2.75) is 0 Å². The number of halogens is 4. The summed E-state index contributed by atoms with van der Waals surface area (Å²) < 4.78 is -0.107. The van der Waals surface area contributed by atoms with Crippen LogP contribution in [0.15, 0.2) is 33.8 Å². The summed E-state index contributed by atoms with van der Waals surface area (Å²) in [5.41, 5.74) is 0.543. The Bertz CT molecular complexity index is 562. The zero-order valence-corrected chi connectivity index (χ0v) is 13.2. The number of hydrogen-bond acceptors (Lipinski definition) is 1. The van der Waals surface area contributed by atoms with Crippen LogP contribution in [-0.2, 0) is 0 Å². The topological polar surface area (TPSA) is 32.3 Å². The molecule has 0 aliphatic carbocycles. The maximum atomic E-state index is 12.1. The Balaban J connectivity index is 2.80. The van der Waals surface area contributed by atoms with Crippen molar-refractivity contribution in [2.75, 3.05) is 18.4 Å². The number of carbonyl (C=O) groups excluding carboxylic acids is 1. The van der Waals surface area contributed by atoms with Gasteiger partial charge in [-0.1, -0.05) is 58.4 Å². The molecule has 0 spiro atoms. The average Bonchev–Trinajstić information content (AvgIpc) is 2.37. The van der Waals surface area contributed by atoms with Crippen LogP contribution in [0.1, 0.15) is 0 Å². The number of nitrogens with one attached hydrogen (secondary N) is 1. The third kappa shape index (κ3) is 5.52. The monoisotopic (exact) mass is 350 g/mol. The minimum atomic E-state index is -0.432. The number of terminal acetylenes is 1. The molecular weight excluding hydrogens is 342 g/mol. The van der Waals surface area contributed by atoms with Gasteiger partial charge in [0.05, 0.1) is 18.1 Å². The predicted octanol–water partition coefficient (Wildman–Crippen LogP) is 4.69. The number of urea groups is 1. The molecule has 0 aromatic heterocycles. The van der Waals surface area contributed by atoms with Gasteiger partial charge < -0.3 is 10.2 Å². The molecule has 1 aromatic rings. The lowest BCUT2D eigenvalue weighted by atomic mass is 10.3. The Kier molecular flexibility index (Phi) is 7.04. The number of nitrogens with zero attached hydrogens (tertiary/aromatic N) is 1. The van der Waals surface area contributed by atoms with Crippen LogP contribution in [0.5, 0.6) is 0 Å². The first-order valence-electron chi connectivity index (χ1n) is 5.38. The van der Waals surface area contributed by atoms with Crippen LogP contribution in [0.3, 0.4) is 0 Å². The molecule has 0 aliphatic heterocycles. The van der Waals surface area contributed by atoms with Crippen LogP contribution in [0.4, 0.5) is 10.5 Å². The molecular formula is C13H10Cl4N2O. The molecule has 2 amide bonds. The minimum Gasteiger partial charge on any atom is -0.308 e. The predicted molar refractivity (Wildman–Crippen MR) is 85.5 cm³/mol. The Labute approximate surface area is 137 Å². The van der Waals surface area contributed by atoms with Crippen molar-refractivity contribution < 1.29 is 4.79 Å². The normalized spacial score (nSPS) is 9.55. The molecule has 7 heteroatoms. The number of amides is 2. The van der Waals surface area contributed by atoms with E-state index in [-0.39, 0.29) is 22.6 Å². The van der Waals surface area contributed by atoms with Gasteiger partial charge in [-0.3, -0.25) is 0 Å². The fourth-order valence-corrected chi connectivity index (χ4v) is 1.76. The molecule has 0 bridgehead atoms. The van der Waals surface area contributed by atoms with Crippen molar-refractivity contribution >= 4 is 58.1 Å². The number of benzene rings is 1. The van der Waals surface area contributed by atoms with Gasteiger partial charge in [-0.15, -0.1) is 6.42 Å². The molecule has 0 heterocycles. The molecule has 0 aliphatic rings. The minimum absolute atomic E-state index is 0.0144. The molecule has 20 heavy (non-hydrogen) atoms. The van der Waals surface area contributed by atoms with Crippen molar-refractivity contribution in [1.82, 2.24) is 4.90 Å². The van der Waals surface area contributed by atoms with E-state index in [1.807, 2.05) is 0 Å². The molecule has 0 radical (unpaired) electrons. The number of anilines is 1. The Morgan fingerprint density at radius 1 is 1.35 bits per heavy atom. The van der Waals surface area contributed by atoms with E-state index >= 15 is 0 Å². The maximum absolute atomic E-state index is 12.1. The third-order valence-electron chi connectivity index (χ3n) is 2.18. The van der Waals surface area contributed by atoms with Crippen LogP contribution < -0.4 is 5.32 Å². The first-order valence-corrected chi connectivity index (χ1v) is 6.90. The summed E-state index contributed by atoms with van der Waals surface area (Å²) in [7, 11) is 0. The molecule has 1 rings (SSSR count). The Morgan fingerprint density at radius 2 is 2.05 bits per heavy atom. The van der Waals surface area contributed by atoms with E-state index in [2.05, 4.69) is 11.2 Å². The van der Waals surface area contributed by atoms with Crippen LogP contribution in [-0.4, -0.2) is 24.0 Å². The van der Waals surface area contributed by atoms with Crippen LogP contribution in [0, 0.1) is 12.3 Å². The highest BCUT2D eigenvalue weighted by atomic mass is 35.5. The lowest BCUT2D eigenvalue weighted by Gasteiger charge is -2.20. The summed E-state index contributed by atoms with van der Waals surface area (Å²) in [6.07, 6.45) is 5.22. The second-order valence-electron chi connectivity index (χ2n) is 3.67. The molecule has 0 saturated carbocycles. The molecule has 1 aromatic carbocycles. The van der Waals surface area contributed by atoms with Gasteiger partial charge in [-0.25, -0.2) is 4.79 Å². The number of rotatable bonds is 4. The van der Waals surface area contributed by atoms with Gasteiger partial charge in [0.1, 0.15) is 4.49 Å². The van der Waals surface area contributed by atoms with E-state index in [0.717, 1.165) is 0 Å². The maximum Gasteiger partial charge on any atom is 0.322 e. The Hall–Kier alpha value is -1.05. The standard InChI is InChI=1S/C13H10Cl4N2O/c1-2-6-19(8-11(15)12(16)17)13(20)18-10-5-3-4-9(14)7-10/h1,3-5,7H,6,8H2,(H,18,20). The van der Waals surface area contributed by atoms with Gasteiger partial charge in [0.15, 0.2) is 0 Å². The highest BCUT2D eigenvalue weighted by Crippen LogP contribution is 2.20. The van der Waals surface area contributed by atoms with Gasteiger partial charge in [-0.05, 0) is 18.2 Å². The van der Waals surface area contributed by atoms with Gasteiger partial charge >= 0.3 is 6.03 Å². The van der Waals surface area contributed by atoms with Crippen molar-refractivity contribution in [1.29, 1.82) is 0 Å². The van der Waals surface area contributed by atoms with E-state index in [9.17, 15) is 4.79 Å². The van der Waals surface area contributed by atoms with E-state index in [0.29, 0.717) is 10.7 Å². The Morgan fingerprint density at radius 3 is 2.60 bits per heavy atom. The second kappa shape index (κ2) is 8.28. The van der Waals surface area contributed by atoms with E-state index in [1.54, 1.807) is 24.3 Å². The summed E-state index contributed by atoms with van der Waals surface area (Å²) in [4.78, 5) is 13.4. The summed E-state index contributed by atoms with van der Waals surface area (Å²) in [6.45, 7) is 0.0736. The van der Waals surface area contributed by atoms with Crippen molar-refractivity contribution in [2.24, 2.45) is 0 Å². The zero-order valence-electron chi connectivity index (χ0n) is 10.2. The van der Waals surface area contributed by atoms with Gasteiger partial charge in [0, 0.05) is 10.7 Å². The molecule has 1 N–H and O–H groups in total. The number of hydrogen-bond donors (Lipinski definition) is 1. The van der Waals surface area contributed by atoms with Gasteiger partial charge in [0.2, 0.25) is 0 Å². The van der Waals surface area contributed by atoms with Crippen molar-refractivity contribution in [3.63, 3.8) is 0 Å². The van der Waals surface area contributed by atoms with Crippen molar-refractivity contribution in [3.05, 3.63) is 38.8 Å². The average molecular weight is 352 g/mol. The summed E-state index contributed by atoms with van der Waals surface area (Å²) in [6, 6.07) is 6.29. The van der Waals surface area contributed by atoms with Crippen LogP contribution >= 0.6 is 46.4 Å². The highest BCUT2D eigenvalue weighted by molar-refractivity contribution is 6.59. The lowest BCUT2D eigenvalue weighted by Crippen LogP contribution is -2.36. The fourth-order valence-electron chi connectivity index (χ4n) is 1.31. The largest absolute Gasteiger partial charge is 0.322 e. The molecule has 3 nitrogen and oxygen atoms in total. The molecule has 0 fully saturated rings. The fraction of sp³-hybridized carbons (Fsp3) is 0.154. The molecule has 0 atom stereocenters. The first kappa shape index (κ1) is 17.0. The summed E-state index contributed by atoms with van der Waals surface area (Å²) >= 11 is 22.7. The lowest BCUT2D eigenvalue weighted by molar-refractivity contribution is 0.222. The SMILES string of the molecule is C#CCN(CC(Cl)=C(Cl)Cl)C(=O)Nc1cccc(Cl)c1. The van der Waals surface area contributed by atoms with E-state index in [1.165, 1.54) is 4.90 Å². The molecule has 0 unspecified atom stereocenters. The van der Waals surface area contributed by atoms with Crippen LogP contribution in [0.2, 0.25) is 5.02 Å². The van der Waals surface area contributed by atoms with Crippen molar-refractivity contribution in [3.8, 4) is 12.3 Å². The first-order chi connectivity index (χ1) is 9.43. The third-order valence-corrected chi connectivity index (χ3v) is 3.37. The van der Waals surface area contributed by atoms with Gasteiger partial charge in [-0.2, -0.15) is 0 Å². The quantitative estimate of drug-likeness (QED) is 0.784. The zero-order chi connectivity index (χ0) is 15.1. The second-order valence-corrected chi connectivity index (χ2v) is 5.51. The number of carbonyl (C=O) groups is 1. The molecule has 0 saturated heterocycles. The smallest absolute Gasteiger partial charge is 0.308 e. The summed E-state index contributed by atoms with van der Waals surface area (Å²) in [5, 5.41) is 3.29. The van der Waals surface area contributed by atoms with Crippen LogP contribution in [0.25, 0.3) is 0 Å². The van der Waals surface area contributed by atoms with Gasteiger partial charge in [0.25, 0.3) is 0 Å². The van der Waals surface area contributed by atoms with E-state index < -0.39 is 6.03 Å². The highest BCUT2D eigenvalue weighted by Gasteiger charge is 2.15. The summed E-state index contributed by atoms with van der Waals surface area (Å²) in [5.74, 6) is 2.36. The van der Waals surface area contributed by atoms with E-state index in [4.69, 9.17) is 52.8 Å².